The van der Waals surface area contributed by atoms with Crippen molar-refractivity contribution in [2.24, 2.45) is 0 Å². The highest BCUT2D eigenvalue weighted by molar-refractivity contribution is 5.54. The van der Waals surface area contributed by atoms with Gasteiger partial charge in [-0.05, 0) is 50.3 Å². The molecule has 6 heteroatoms. The van der Waals surface area contributed by atoms with E-state index in [0.29, 0.717) is 5.82 Å². The van der Waals surface area contributed by atoms with Crippen molar-refractivity contribution in [2.45, 2.75) is 45.2 Å². The van der Waals surface area contributed by atoms with Gasteiger partial charge in [-0.3, -0.25) is 14.3 Å². The molecule has 0 saturated carbocycles. The summed E-state index contributed by atoms with van der Waals surface area (Å²) in [5.41, 5.74) is 8.48. The van der Waals surface area contributed by atoms with Crippen LogP contribution in [0, 0.1) is 0 Å². The van der Waals surface area contributed by atoms with Crippen LogP contribution in [0.4, 0.5) is 11.5 Å². The minimum atomic E-state index is -0.390. The molecule has 1 aliphatic carbocycles. The zero-order chi connectivity index (χ0) is 16.6. The van der Waals surface area contributed by atoms with Crippen molar-refractivity contribution in [3.63, 3.8) is 0 Å². The number of nitrogens with zero attached hydrogens (tertiary/aromatic N) is 1. The molecular formula is C17H22N4O2. The molecule has 1 atom stereocenters. The number of fused-ring (bicyclic) bond motifs is 1. The number of nitrogens with two attached hydrogens (primary N) is 1. The van der Waals surface area contributed by atoms with Gasteiger partial charge in [-0.2, -0.15) is 0 Å². The molecule has 0 aliphatic heterocycles. The number of nitrogen functional groups attached to an aromatic ring is 1. The summed E-state index contributed by atoms with van der Waals surface area (Å²) in [5, 5.41) is 3.29. The number of hydrogen-bond acceptors (Lipinski definition) is 4. The molecule has 1 aliphatic rings. The molecule has 3 rings (SSSR count). The number of rotatable bonds is 3. The molecule has 122 valence electrons. The number of anilines is 2. The second-order valence-electron chi connectivity index (χ2n) is 6.29. The van der Waals surface area contributed by atoms with Crippen molar-refractivity contribution in [1.82, 2.24) is 9.55 Å². The van der Waals surface area contributed by atoms with Gasteiger partial charge < -0.3 is 11.1 Å². The summed E-state index contributed by atoms with van der Waals surface area (Å²) in [4.78, 5) is 27.0. The molecule has 2 aromatic rings. The Labute approximate surface area is 134 Å². The second kappa shape index (κ2) is 5.95. The van der Waals surface area contributed by atoms with Crippen LogP contribution in [0.2, 0.25) is 0 Å². The van der Waals surface area contributed by atoms with Crippen LogP contribution in [0.1, 0.15) is 49.9 Å². The third-order valence-corrected chi connectivity index (χ3v) is 4.36. The molecule has 23 heavy (non-hydrogen) atoms. The maximum Gasteiger partial charge on any atom is 0.330 e. The second-order valence-corrected chi connectivity index (χ2v) is 6.29. The Kier molecular flexibility index (Phi) is 3.98. The molecule has 1 aromatic carbocycles. The Morgan fingerprint density at radius 3 is 2.83 bits per heavy atom. The molecule has 1 heterocycles. The summed E-state index contributed by atoms with van der Waals surface area (Å²) >= 11 is 0. The van der Waals surface area contributed by atoms with Crippen LogP contribution in [0.3, 0.4) is 0 Å². The van der Waals surface area contributed by atoms with E-state index in [1.54, 1.807) is 0 Å². The summed E-state index contributed by atoms with van der Waals surface area (Å²) in [6, 6.07) is 7.22. The first-order valence-electron chi connectivity index (χ1n) is 7.97. The average molecular weight is 314 g/mol. The van der Waals surface area contributed by atoms with E-state index < -0.39 is 5.69 Å². The third-order valence-electron chi connectivity index (χ3n) is 4.36. The Bertz CT molecular complexity index is 804. The van der Waals surface area contributed by atoms with Crippen molar-refractivity contribution < 1.29 is 0 Å². The molecule has 0 spiro atoms. The molecule has 0 unspecified atom stereocenters. The van der Waals surface area contributed by atoms with Crippen LogP contribution in [-0.4, -0.2) is 9.55 Å². The molecule has 0 radical (unpaired) electrons. The van der Waals surface area contributed by atoms with E-state index in [1.807, 2.05) is 26.0 Å². The van der Waals surface area contributed by atoms with Gasteiger partial charge in [-0.1, -0.05) is 12.1 Å². The lowest BCUT2D eigenvalue weighted by Gasteiger charge is -2.28. The van der Waals surface area contributed by atoms with E-state index in [9.17, 15) is 9.59 Å². The van der Waals surface area contributed by atoms with E-state index in [1.165, 1.54) is 10.6 Å². The lowest BCUT2D eigenvalue weighted by molar-refractivity contribution is 0.544. The standard InChI is InChI=1S/C17H22N4O2/c1-10(2)21-16(22)9-15(20-17(21)23)19-14-8-4-5-11-12(14)6-3-7-13(11)18/h3,6-7,9-10,14,19H,4-5,8,18H2,1-2H3,(H,20,23)/t14-/m0/s1. The lowest BCUT2D eigenvalue weighted by Crippen LogP contribution is -2.36. The SMILES string of the molecule is CC(C)n1c(=O)cc(N[C@H]2CCCc3c(N)cccc32)[nH]c1=O. The van der Waals surface area contributed by atoms with Gasteiger partial charge in [-0.15, -0.1) is 0 Å². The quantitative estimate of drug-likeness (QED) is 0.757. The lowest BCUT2D eigenvalue weighted by atomic mass is 9.86. The van der Waals surface area contributed by atoms with Gasteiger partial charge in [0.05, 0.1) is 6.04 Å². The van der Waals surface area contributed by atoms with Crippen LogP contribution in [0.5, 0.6) is 0 Å². The molecule has 6 nitrogen and oxygen atoms in total. The maximum atomic E-state index is 12.1. The molecule has 0 fully saturated rings. The third kappa shape index (κ3) is 2.88. The van der Waals surface area contributed by atoms with Crippen molar-refractivity contribution in [3.8, 4) is 0 Å². The molecule has 0 amide bonds. The van der Waals surface area contributed by atoms with Gasteiger partial charge in [0.25, 0.3) is 5.56 Å². The van der Waals surface area contributed by atoms with Gasteiger partial charge in [0.1, 0.15) is 5.82 Å². The number of hydrogen-bond donors (Lipinski definition) is 3. The van der Waals surface area contributed by atoms with Crippen LogP contribution in [0.15, 0.2) is 33.9 Å². The minimum Gasteiger partial charge on any atom is -0.398 e. The molecule has 0 bridgehead atoms. The topological polar surface area (TPSA) is 92.9 Å². The van der Waals surface area contributed by atoms with Crippen LogP contribution in [0.25, 0.3) is 0 Å². The van der Waals surface area contributed by atoms with E-state index in [2.05, 4.69) is 16.4 Å². The summed E-state index contributed by atoms with van der Waals surface area (Å²) < 4.78 is 1.21. The van der Waals surface area contributed by atoms with E-state index >= 15 is 0 Å². The summed E-state index contributed by atoms with van der Waals surface area (Å²) in [6.07, 6.45) is 2.92. The number of H-pyrrole nitrogens is 1. The Morgan fingerprint density at radius 1 is 1.35 bits per heavy atom. The van der Waals surface area contributed by atoms with E-state index in [-0.39, 0.29) is 17.6 Å². The zero-order valence-electron chi connectivity index (χ0n) is 13.4. The fourth-order valence-electron chi connectivity index (χ4n) is 3.29. The van der Waals surface area contributed by atoms with E-state index in [4.69, 9.17) is 5.73 Å². The predicted molar refractivity (Wildman–Crippen MR) is 91.9 cm³/mol. The van der Waals surface area contributed by atoms with Crippen LogP contribution >= 0.6 is 0 Å². The van der Waals surface area contributed by atoms with Crippen molar-refractivity contribution in [2.75, 3.05) is 11.1 Å². The highest BCUT2D eigenvalue weighted by Gasteiger charge is 2.22. The highest BCUT2D eigenvalue weighted by Crippen LogP contribution is 2.34. The first kappa shape index (κ1) is 15.4. The monoisotopic (exact) mass is 314 g/mol. The first-order chi connectivity index (χ1) is 11.0. The smallest absolute Gasteiger partial charge is 0.330 e. The molecule has 0 saturated heterocycles. The average Bonchev–Trinajstić information content (AvgIpc) is 2.47. The number of aromatic amines is 1. The zero-order valence-corrected chi connectivity index (χ0v) is 13.4. The molecule has 1 aromatic heterocycles. The fourth-order valence-corrected chi connectivity index (χ4v) is 3.29. The Balaban J connectivity index is 1.94. The van der Waals surface area contributed by atoms with Gasteiger partial charge >= 0.3 is 5.69 Å². The number of benzene rings is 1. The molecule has 4 N–H and O–H groups in total. The molecular weight excluding hydrogens is 292 g/mol. The summed E-state index contributed by atoms with van der Waals surface area (Å²) in [5.74, 6) is 0.456. The Morgan fingerprint density at radius 2 is 2.13 bits per heavy atom. The number of nitrogens with one attached hydrogen (secondary N) is 2. The van der Waals surface area contributed by atoms with Crippen LogP contribution in [-0.2, 0) is 6.42 Å². The van der Waals surface area contributed by atoms with Crippen molar-refractivity contribution >= 4 is 11.5 Å². The summed E-state index contributed by atoms with van der Waals surface area (Å²) in [6.45, 7) is 3.62. The highest BCUT2D eigenvalue weighted by atomic mass is 16.2. The first-order valence-corrected chi connectivity index (χ1v) is 7.97. The van der Waals surface area contributed by atoms with Gasteiger partial charge in [0, 0.05) is 17.8 Å². The Hall–Kier alpha value is -2.50. The number of aromatic nitrogens is 2. The summed E-state index contributed by atoms with van der Waals surface area (Å²) in [7, 11) is 0. The van der Waals surface area contributed by atoms with Gasteiger partial charge in [-0.25, -0.2) is 4.79 Å². The van der Waals surface area contributed by atoms with E-state index in [0.717, 1.165) is 36.1 Å². The van der Waals surface area contributed by atoms with Gasteiger partial charge in [0.15, 0.2) is 0 Å². The van der Waals surface area contributed by atoms with Crippen LogP contribution < -0.4 is 22.3 Å². The van der Waals surface area contributed by atoms with Crippen molar-refractivity contribution in [3.05, 3.63) is 56.2 Å². The van der Waals surface area contributed by atoms with Gasteiger partial charge in [0.2, 0.25) is 0 Å². The predicted octanol–water partition coefficient (Wildman–Crippen LogP) is 2.19. The van der Waals surface area contributed by atoms with Crippen molar-refractivity contribution in [1.29, 1.82) is 0 Å². The normalized spacial score (nSPS) is 17.1. The largest absolute Gasteiger partial charge is 0.398 e. The fraction of sp³-hybridized carbons (Fsp3) is 0.412. The maximum absolute atomic E-state index is 12.1. The minimum absolute atomic E-state index is 0.0483.